The van der Waals surface area contributed by atoms with E-state index < -0.39 is 6.10 Å². The molecule has 31 heavy (non-hydrogen) atoms. The molecule has 1 saturated heterocycles. The molecule has 6 heteroatoms. The number of carbonyl (C=O) groups excluding carboxylic acids is 1. The van der Waals surface area contributed by atoms with Gasteiger partial charge in [-0.05, 0) is 55.7 Å². The first-order valence-electron chi connectivity index (χ1n) is 11.0. The minimum absolute atomic E-state index is 0.0735. The summed E-state index contributed by atoms with van der Waals surface area (Å²) in [6, 6.07) is 17.4. The number of carbonyl (C=O) groups is 1. The molecule has 1 fully saturated rings. The zero-order chi connectivity index (χ0) is 22.0. The number of fused-ring (bicyclic) bond motifs is 1. The first-order valence-corrected chi connectivity index (χ1v) is 11.0. The first kappa shape index (κ1) is 21.1. The summed E-state index contributed by atoms with van der Waals surface area (Å²) in [4.78, 5) is 14.8. The molecule has 162 valence electrons. The third kappa shape index (κ3) is 4.21. The van der Waals surface area contributed by atoms with Gasteiger partial charge in [0.25, 0.3) is 5.91 Å². The Morgan fingerprint density at radius 1 is 1.23 bits per heavy atom. The Labute approximate surface area is 182 Å². The van der Waals surface area contributed by atoms with Gasteiger partial charge in [-0.1, -0.05) is 42.5 Å². The van der Waals surface area contributed by atoms with Gasteiger partial charge in [0.2, 0.25) is 0 Å². The number of rotatable bonds is 7. The lowest BCUT2D eigenvalue weighted by Gasteiger charge is -2.27. The normalized spacial score (nSPS) is 17.2. The Morgan fingerprint density at radius 3 is 2.71 bits per heavy atom. The summed E-state index contributed by atoms with van der Waals surface area (Å²) in [6.45, 7) is 3.65. The highest BCUT2D eigenvalue weighted by Crippen LogP contribution is 2.28. The predicted molar refractivity (Wildman–Crippen MR) is 123 cm³/mol. The predicted octanol–water partition coefficient (Wildman–Crippen LogP) is 3.60. The number of nitrogens with zero attached hydrogens (tertiary/aromatic N) is 2. The smallest absolute Gasteiger partial charge is 0.256 e. The van der Waals surface area contributed by atoms with Crippen LogP contribution in [0.4, 0.5) is 0 Å². The van der Waals surface area contributed by atoms with E-state index in [4.69, 9.17) is 11.1 Å². The second-order valence-electron chi connectivity index (χ2n) is 8.25. The van der Waals surface area contributed by atoms with Crippen molar-refractivity contribution >= 4 is 22.6 Å². The molecule has 0 spiro atoms. The molecule has 0 bridgehead atoms. The van der Waals surface area contributed by atoms with Gasteiger partial charge in [0.1, 0.15) is 5.84 Å². The molecule has 0 saturated carbocycles. The van der Waals surface area contributed by atoms with E-state index in [1.54, 1.807) is 12.1 Å². The van der Waals surface area contributed by atoms with Crippen LogP contribution in [0.3, 0.4) is 0 Å². The van der Waals surface area contributed by atoms with Crippen molar-refractivity contribution in [2.45, 2.75) is 51.3 Å². The molecular formula is C25H30N4O2. The lowest BCUT2D eigenvalue weighted by molar-refractivity contribution is -0.141. The third-order valence-electron chi connectivity index (χ3n) is 6.36. The zero-order valence-corrected chi connectivity index (χ0v) is 17.9. The number of amidine groups is 1. The van der Waals surface area contributed by atoms with Gasteiger partial charge in [0.05, 0.1) is 0 Å². The Kier molecular flexibility index (Phi) is 6.09. The van der Waals surface area contributed by atoms with Crippen LogP contribution < -0.4 is 5.73 Å². The standard InChI is InChI=1S/C25H30N4O2/c1-2-28-21(15-18-10-11-19(24(26)27)16-22(18)28)13-12-20-9-6-14-29(20)25(31)23(30)17-7-4-3-5-8-17/h3-5,7-8,10-11,15-16,20,23,30H,2,6,9,12-14H2,1H3,(H3,26,27)/t20-,23?/m0/s1. The summed E-state index contributed by atoms with van der Waals surface area (Å²) in [5, 5.41) is 19.4. The van der Waals surface area contributed by atoms with Crippen LogP contribution in [0.25, 0.3) is 10.9 Å². The van der Waals surface area contributed by atoms with Crippen LogP contribution in [-0.4, -0.2) is 38.9 Å². The molecule has 2 atom stereocenters. The lowest BCUT2D eigenvalue weighted by Crippen LogP contribution is -2.39. The highest BCUT2D eigenvalue weighted by molar-refractivity contribution is 5.98. The van der Waals surface area contributed by atoms with E-state index in [0.717, 1.165) is 48.7 Å². The third-order valence-corrected chi connectivity index (χ3v) is 6.36. The van der Waals surface area contributed by atoms with Gasteiger partial charge in [-0.25, -0.2) is 0 Å². The van der Waals surface area contributed by atoms with Gasteiger partial charge in [0.15, 0.2) is 6.10 Å². The van der Waals surface area contributed by atoms with E-state index in [1.807, 2.05) is 41.3 Å². The molecule has 2 aromatic carbocycles. The summed E-state index contributed by atoms with van der Waals surface area (Å²) in [5.41, 5.74) is 9.36. The molecule has 0 aliphatic carbocycles. The number of amides is 1. The van der Waals surface area contributed by atoms with Crippen LogP contribution >= 0.6 is 0 Å². The van der Waals surface area contributed by atoms with Crippen molar-refractivity contribution in [2.75, 3.05) is 6.54 Å². The maximum absolute atomic E-state index is 13.0. The van der Waals surface area contributed by atoms with Crippen molar-refractivity contribution in [1.29, 1.82) is 5.41 Å². The maximum Gasteiger partial charge on any atom is 0.256 e. The van der Waals surface area contributed by atoms with Crippen LogP contribution in [0.5, 0.6) is 0 Å². The minimum atomic E-state index is -1.10. The fourth-order valence-electron chi connectivity index (χ4n) is 4.74. The van der Waals surface area contributed by atoms with Crippen molar-refractivity contribution in [3.05, 3.63) is 71.4 Å². The van der Waals surface area contributed by atoms with Crippen molar-refractivity contribution in [2.24, 2.45) is 5.73 Å². The van der Waals surface area contributed by atoms with Gasteiger partial charge in [-0.2, -0.15) is 0 Å². The number of hydrogen-bond donors (Lipinski definition) is 3. The summed E-state index contributed by atoms with van der Waals surface area (Å²) in [5.74, 6) is -0.125. The van der Waals surface area contributed by atoms with Crippen LogP contribution in [0.15, 0.2) is 54.6 Å². The number of aliphatic hydroxyl groups excluding tert-OH is 1. The SMILES string of the molecule is CCn1c(CC[C@@H]2CCCN2C(=O)C(O)c2ccccc2)cc2ccc(C(=N)N)cc21. The number of nitrogens with one attached hydrogen (secondary N) is 1. The van der Waals surface area contributed by atoms with Crippen molar-refractivity contribution in [3.63, 3.8) is 0 Å². The van der Waals surface area contributed by atoms with Crippen LogP contribution in [0, 0.1) is 5.41 Å². The molecule has 6 nitrogen and oxygen atoms in total. The molecule has 0 radical (unpaired) electrons. The van der Waals surface area contributed by atoms with Crippen molar-refractivity contribution in [1.82, 2.24) is 9.47 Å². The van der Waals surface area contributed by atoms with Crippen LogP contribution in [0.2, 0.25) is 0 Å². The average Bonchev–Trinajstić information content (AvgIpc) is 3.40. The van der Waals surface area contributed by atoms with E-state index in [2.05, 4.69) is 17.6 Å². The lowest BCUT2D eigenvalue weighted by atomic mass is 10.0. The summed E-state index contributed by atoms with van der Waals surface area (Å²) in [7, 11) is 0. The second-order valence-corrected chi connectivity index (χ2v) is 8.25. The fourth-order valence-corrected chi connectivity index (χ4v) is 4.74. The topological polar surface area (TPSA) is 95.3 Å². The van der Waals surface area contributed by atoms with Crippen LogP contribution in [-0.2, 0) is 17.8 Å². The molecular weight excluding hydrogens is 388 g/mol. The van der Waals surface area contributed by atoms with E-state index in [0.29, 0.717) is 12.1 Å². The molecule has 4 rings (SSSR count). The largest absolute Gasteiger partial charge is 0.384 e. The number of hydrogen-bond acceptors (Lipinski definition) is 3. The summed E-state index contributed by atoms with van der Waals surface area (Å²) in [6.07, 6.45) is 2.55. The monoisotopic (exact) mass is 418 g/mol. The minimum Gasteiger partial charge on any atom is -0.384 e. The van der Waals surface area contributed by atoms with Crippen LogP contribution in [0.1, 0.15) is 49.1 Å². The molecule has 1 unspecified atom stereocenters. The van der Waals surface area contributed by atoms with E-state index >= 15 is 0 Å². The highest BCUT2D eigenvalue weighted by Gasteiger charge is 2.32. The van der Waals surface area contributed by atoms with Gasteiger partial charge in [-0.15, -0.1) is 0 Å². The first-order chi connectivity index (χ1) is 15.0. The zero-order valence-electron chi connectivity index (χ0n) is 17.9. The molecule has 4 N–H and O–H groups in total. The number of aryl methyl sites for hydroxylation is 2. The molecule has 1 aromatic heterocycles. The number of nitrogens with two attached hydrogens (primary N) is 1. The van der Waals surface area contributed by atoms with Crippen molar-refractivity contribution in [3.8, 4) is 0 Å². The number of benzene rings is 2. The molecule has 2 heterocycles. The Hall–Kier alpha value is -3.12. The average molecular weight is 419 g/mol. The molecule has 1 aliphatic rings. The number of likely N-dealkylation sites (tertiary alicyclic amines) is 1. The fraction of sp³-hybridized carbons (Fsp3) is 0.360. The molecule has 1 aliphatic heterocycles. The number of nitrogen functional groups attached to an aromatic ring is 1. The second kappa shape index (κ2) is 8.94. The van der Waals surface area contributed by atoms with Gasteiger partial charge >= 0.3 is 0 Å². The van der Waals surface area contributed by atoms with E-state index in [-0.39, 0.29) is 17.8 Å². The van der Waals surface area contributed by atoms with Gasteiger partial charge in [0, 0.05) is 35.9 Å². The van der Waals surface area contributed by atoms with Crippen molar-refractivity contribution < 1.29 is 9.90 Å². The number of aromatic nitrogens is 1. The quantitative estimate of drug-likeness (QED) is 0.404. The highest BCUT2D eigenvalue weighted by atomic mass is 16.3. The van der Waals surface area contributed by atoms with Gasteiger partial charge in [-0.3, -0.25) is 10.2 Å². The number of aliphatic hydroxyl groups is 1. The Balaban J connectivity index is 1.50. The Bertz CT molecular complexity index is 1090. The summed E-state index contributed by atoms with van der Waals surface area (Å²) < 4.78 is 2.27. The van der Waals surface area contributed by atoms with E-state index in [9.17, 15) is 9.90 Å². The molecule has 3 aromatic rings. The van der Waals surface area contributed by atoms with Gasteiger partial charge < -0.3 is 20.3 Å². The van der Waals surface area contributed by atoms with E-state index in [1.165, 1.54) is 5.69 Å². The summed E-state index contributed by atoms with van der Waals surface area (Å²) >= 11 is 0. The maximum atomic E-state index is 13.0. The Morgan fingerprint density at radius 2 is 2.00 bits per heavy atom. The molecule has 1 amide bonds.